The molecule has 4 rings (SSSR count). The van der Waals surface area contributed by atoms with Crippen molar-refractivity contribution < 1.29 is 0 Å². The van der Waals surface area contributed by atoms with Gasteiger partial charge in [0.15, 0.2) is 0 Å². The van der Waals surface area contributed by atoms with Gasteiger partial charge in [0, 0.05) is 23.2 Å². The molecule has 2 heteroatoms. The summed E-state index contributed by atoms with van der Waals surface area (Å²) in [6.45, 7) is 2.13. The van der Waals surface area contributed by atoms with Crippen LogP contribution in [0.2, 0.25) is 0 Å². The maximum atomic E-state index is 4.81. The van der Waals surface area contributed by atoms with E-state index in [0.29, 0.717) is 0 Å². The molecule has 0 aliphatic heterocycles. The predicted molar refractivity (Wildman–Crippen MR) is 80.5 cm³/mol. The number of benzene rings is 2. The first-order chi connectivity index (χ1) is 9.24. The molecule has 0 fully saturated rings. The first-order valence-electron chi connectivity index (χ1n) is 6.48. The molecule has 0 bridgehead atoms. The highest BCUT2D eigenvalue weighted by Gasteiger charge is 2.10. The zero-order valence-electron chi connectivity index (χ0n) is 11.0. The molecule has 0 aliphatic rings. The van der Waals surface area contributed by atoms with E-state index in [2.05, 4.69) is 61.0 Å². The van der Waals surface area contributed by atoms with Crippen molar-refractivity contribution in [3.05, 3.63) is 54.1 Å². The highest BCUT2D eigenvalue weighted by molar-refractivity contribution is 6.10. The summed E-state index contributed by atoms with van der Waals surface area (Å²) < 4.78 is 2.18. The fourth-order valence-electron chi connectivity index (χ4n) is 2.83. The van der Waals surface area contributed by atoms with Crippen molar-refractivity contribution in [1.29, 1.82) is 0 Å². The van der Waals surface area contributed by atoms with E-state index in [0.717, 1.165) is 11.2 Å². The maximum Gasteiger partial charge on any atom is 0.141 e. The molecule has 19 heavy (non-hydrogen) atoms. The molecule has 2 heterocycles. The third-order valence-corrected chi connectivity index (χ3v) is 3.83. The number of para-hydroxylation sites is 1. The molecule has 0 aliphatic carbocycles. The number of pyridine rings is 1. The second-order valence-electron chi connectivity index (χ2n) is 5.13. The maximum absolute atomic E-state index is 4.81. The molecule has 0 radical (unpaired) electrons. The molecule has 2 aromatic heterocycles. The molecular formula is C17H14N2. The van der Waals surface area contributed by atoms with Gasteiger partial charge in [-0.15, -0.1) is 0 Å². The molecular weight excluding hydrogens is 232 g/mol. The molecule has 0 N–H and O–H groups in total. The Bertz CT molecular complexity index is 932. The van der Waals surface area contributed by atoms with Gasteiger partial charge in [-0.05, 0) is 31.2 Å². The number of fused-ring (bicyclic) bond motifs is 4. The molecule has 0 spiro atoms. The minimum atomic E-state index is 1.05. The van der Waals surface area contributed by atoms with E-state index < -0.39 is 0 Å². The summed E-state index contributed by atoms with van der Waals surface area (Å²) >= 11 is 0. The molecule has 4 aromatic rings. The standard InChI is InChI=1S/C17H14N2/c1-11-7-8-16-13(9-11)14-10-12-5-3-4-6-15(12)18-17(14)19(16)2/h3-10H,1-2H3. The number of aromatic nitrogens is 2. The minimum absolute atomic E-state index is 1.05. The monoisotopic (exact) mass is 246 g/mol. The Morgan fingerprint density at radius 3 is 2.68 bits per heavy atom. The Morgan fingerprint density at radius 2 is 1.79 bits per heavy atom. The van der Waals surface area contributed by atoms with Crippen LogP contribution in [0.25, 0.3) is 32.8 Å². The van der Waals surface area contributed by atoms with Crippen LogP contribution in [-0.4, -0.2) is 9.55 Å². The van der Waals surface area contributed by atoms with Crippen molar-refractivity contribution in [2.75, 3.05) is 0 Å². The van der Waals surface area contributed by atoms with E-state index in [1.165, 1.54) is 27.2 Å². The topological polar surface area (TPSA) is 17.8 Å². The van der Waals surface area contributed by atoms with E-state index in [9.17, 15) is 0 Å². The Hall–Kier alpha value is -2.35. The van der Waals surface area contributed by atoms with Gasteiger partial charge in [-0.3, -0.25) is 0 Å². The third kappa shape index (κ3) is 1.40. The van der Waals surface area contributed by atoms with Crippen LogP contribution in [0.5, 0.6) is 0 Å². The van der Waals surface area contributed by atoms with E-state index in [1.807, 2.05) is 6.07 Å². The number of aryl methyl sites for hydroxylation is 2. The van der Waals surface area contributed by atoms with Gasteiger partial charge in [-0.25, -0.2) is 4.98 Å². The number of nitrogens with zero attached hydrogens (tertiary/aromatic N) is 2. The predicted octanol–water partition coefficient (Wildman–Crippen LogP) is 4.19. The Kier molecular flexibility index (Phi) is 1.99. The van der Waals surface area contributed by atoms with Crippen molar-refractivity contribution in [3.8, 4) is 0 Å². The molecule has 2 aromatic carbocycles. The van der Waals surface area contributed by atoms with Gasteiger partial charge < -0.3 is 4.57 Å². The van der Waals surface area contributed by atoms with Crippen LogP contribution in [-0.2, 0) is 7.05 Å². The van der Waals surface area contributed by atoms with Crippen LogP contribution in [0.15, 0.2) is 48.5 Å². The van der Waals surface area contributed by atoms with Crippen LogP contribution in [0.1, 0.15) is 5.56 Å². The van der Waals surface area contributed by atoms with Gasteiger partial charge >= 0.3 is 0 Å². The Balaban J connectivity index is 2.30. The van der Waals surface area contributed by atoms with Gasteiger partial charge in [-0.1, -0.05) is 29.8 Å². The van der Waals surface area contributed by atoms with Crippen LogP contribution in [0.3, 0.4) is 0 Å². The second-order valence-corrected chi connectivity index (χ2v) is 5.13. The molecule has 0 unspecified atom stereocenters. The lowest BCUT2D eigenvalue weighted by atomic mass is 10.1. The number of hydrogen-bond acceptors (Lipinski definition) is 1. The summed E-state index contributed by atoms with van der Waals surface area (Å²) in [5, 5.41) is 3.72. The van der Waals surface area contributed by atoms with Gasteiger partial charge in [0.25, 0.3) is 0 Å². The summed E-state index contributed by atoms with van der Waals surface area (Å²) in [6, 6.07) is 17.1. The van der Waals surface area contributed by atoms with Crippen molar-refractivity contribution in [2.45, 2.75) is 6.92 Å². The molecule has 2 nitrogen and oxygen atoms in total. The summed E-state index contributed by atoms with van der Waals surface area (Å²) in [5.41, 5.74) is 4.63. The van der Waals surface area contributed by atoms with Crippen molar-refractivity contribution >= 4 is 32.8 Å². The van der Waals surface area contributed by atoms with Crippen LogP contribution < -0.4 is 0 Å². The highest BCUT2D eigenvalue weighted by atomic mass is 15.0. The first kappa shape index (κ1) is 10.6. The normalized spacial score (nSPS) is 11.7. The van der Waals surface area contributed by atoms with Gasteiger partial charge in [-0.2, -0.15) is 0 Å². The van der Waals surface area contributed by atoms with Crippen molar-refractivity contribution in [2.24, 2.45) is 7.05 Å². The number of rotatable bonds is 0. The van der Waals surface area contributed by atoms with Gasteiger partial charge in [0.05, 0.1) is 11.0 Å². The summed E-state index contributed by atoms with van der Waals surface area (Å²) in [6.07, 6.45) is 0. The summed E-state index contributed by atoms with van der Waals surface area (Å²) in [4.78, 5) is 4.81. The first-order valence-corrected chi connectivity index (χ1v) is 6.48. The van der Waals surface area contributed by atoms with E-state index in [-0.39, 0.29) is 0 Å². The Morgan fingerprint density at radius 1 is 0.947 bits per heavy atom. The van der Waals surface area contributed by atoms with Gasteiger partial charge in [0.2, 0.25) is 0 Å². The largest absolute Gasteiger partial charge is 0.328 e. The highest BCUT2D eigenvalue weighted by Crippen LogP contribution is 2.30. The molecule has 0 saturated heterocycles. The quantitative estimate of drug-likeness (QED) is 0.455. The lowest BCUT2D eigenvalue weighted by Crippen LogP contribution is -1.89. The number of hydrogen-bond donors (Lipinski definition) is 0. The fraction of sp³-hybridized carbons (Fsp3) is 0.118. The molecule has 92 valence electrons. The van der Waals surface area contributed by atoms with Crippen molar-refractivity contribution in [1.82, 2.24) is 9.55 Å². The fourth-order valence-corrected chi connectivity index (χ4v) is 2.83. The zero-order valence-corrected chi connectivity index (χ0v) is 11.0. The lowest BCUT2D eigenvalue weighted by molar-refractivity contribution is 0.994. The van der Waals surface area contributed by atoms with Crippen LogP contribution in [0, 0.1) is 6.92 Å². The average molecular weight is 246 g/mol. The average Bonchev–Trinajstić information content (AvgIpc) is 2.69. The lowest BCUT2D eigenvalue weighted by Gasteiger charge is -1.99. The van der Waals surface area contributed by atoms with Crippen molar-refractivity contribution in [3.63, 3.8) is 0 Å². The Labute approximate surface area is 111 Å². The van der Waals surface area contributed by atoms with E-state index in [4.69, 9.17) is 4.98 Å². The second kappa shape index (κ2) is 3.58. The van der Waals surface area contributed by atoms with Crippen LogP contribution >= 0.6 is 0 Å². The summed E-state index contributed by atoms with van der Waals surface area (Å²) in [5.74, 6) is 0. The molecule has 0 atom stereocenters. The molecule has 0 saturated carbocycles. The van der Waals surface area contributed by atoms with Gasteiger partial charge in [0.1, 0.15) is 5.65 Å². The third-order valence-electron chi connectivity index (χ3n) is 3.83. The molecule has 0 amide bonds. The summed E-state index contributed by atoms with van der Waals surface area (Å²) in [7, 11) is 2.09. The van der Waals surface area contributed by atoms with Crippen LogP contribution in [0.4, 0.5) is 0 Å². The zero-order chi connectivity index (χ0) is 13.0. The van der Waals surface area contributed by atoms with E-state index >= 15 is 0 Å². The SMILES string of the molecule is Cc1ccc2c(c1)c1cc3ccccc3nc1n2C. The smallest absolute Gasteiger partial charge is 0.141 e. The van der Waals surface area contributed by atoms with E-state index in [1.54, 1.807) is 0 Å². The minimum Gasteiger partial charge on any atom is -0.328 e.